The molecule has 0 saturated carbocycles. The third kappa shape index (κ3) is 2.89. The van der Waals surface area contributed by atoms with Gasteiger partial charge < -0.3 is 24.8 Å². The Morgan fingerprint density at radius 2 is 2.23 bits per heavy atom. The highest BCUT2D eigenvalue weighted by Crippen LogP contribution is 2.29. The monoisotopic (exact) mass is 192 g/mol. The van der Waals surface area contributed by atoms with Gasteiger partial charge in [-0.25, -0.2) is 0 Å². The molecular weight excluding hydrogens is 176 g/mol. The minimum Gasteiger partial charge on any atom is -0.393 e. The summed E-state index contributed by atoms with van der Waals surface area (Å²) in [7, 11) is 0. The number of aliphatic hydroxyl groups is 3. The first-order valence-corrected chi connectivity index (χ1v) is 4.20. The Balaban J connectivity index is 2.61. The minimum atomic E-state index is -1.34. The highest BCUT2D eigenvalue weighted by atomic mass is 16.7. The van der Waals surface area contributed by atoms with Crippen LogP contribution in [0, 0.1) is 0 Å². The topological polar surface area (TPSA) is 79.2 Å². The number of ether oxygens (including phenoxy) is 2. The van der Waals surface area contributed by atoms with E-state index in [0.717, 1.165) is 0 Å². The summed E-state index contributed by atoms with van der Waals surface area (Å²) in [6.07, 6.45) is -0.748. The SMILES string of the molecule is CC(C)(O)O[C@]1(CO)COC(O)C1. The second kappa shape index (κ2) is 3.51. The van der Waals surface area contributed by atoms with Crippen LogP contribution in [0.4, 0.5) is 0 Å². The molecule has 3 N–H and O–H groups in total. The molecule has 0 radical (unpaired) electrons. The van der Waals surface area contributed by atoms with Gasteiger partial charge in [0.05, 0.1) is 13.2 Å². The van der Waals surface area contributed by atoms with Gasteiger partial charge in [-0.3, -0.25) is 0 Å². The Morgan fingerprint density at radius 3 is 2.54 bits per heavy atom. The van der Waals surface area contributed by atoms with Gasteiger partial charge in [-0.2, -0.15) is 0 Å². The van der Waals surface area contributed by atoms with Crippen LogP contribution in [0.3, 0.4) is 0 Å². The predicted molar refractivity (Wildman–Crippen MR) is 43.8 cm³/mol. The Kier molecular flexibility index (Phi) is 2.94. The number of aliphatic hydroxyl groups excluding tert-OH is 2. The van der Waals surface area contributed by atoms with Gasteiger partial charge in [-0.05, 0) is 13.8 Å². The maximum Gasteiger partial charge on any atom is 0.160 e. The first kappa shape index (κ1) is 10.9. The molecule has 13 heavy (non-hydrogen) atoms. The van der Waals surface area contributed by atoms with Crippen molar-refractivity contribution in [2.45, 2.75) is 37.9 Å². The molecule has 1 fully saturated rings. The zero-order chi connectivity index (χ0) is 10.1. The molecular formula is C8H16O5. The van der Waals surface area contributed by atoms with Crippen LogP contribution in [0.15, 0.2) is 0 Å². The Labute approximate surface area is 76.9 Å². The normalized spacial score (nSPS) is 35.3. The van der Waals surface area contributed by atoms with Gasteiger partial charge in [0.15, 0.2) is 12.1 Å². The van der Waals surface area contributed by atoms with E-state index >= 15 is 0 Å². The summed E-state index contributed by atoms with van der Waals surface area (Å²) in [6.45, 7) is 2.74. The van der Waals surface area contributed by atoms with Gasteiger partial charge in [0.2, 0.25) is 0 Å². The molecule has 1 aliphatic heterocycles. The van der Waals surface area contributed by atoms with Gasteiger partial charge in [0, 0.05) is 6.42 Å². The zero-order valence-electron chi connectivity index (χ0n) is 7.86. The quantitative estimate of drug-likeness (QED) is 0.510. The molecule has 0 aromatic rings. The molecule has 0 aromatic heterocycles. The van der Waals surface area contributed by atoms with E-state index in [1.807, 2.05) is 0 Å². The molecule has 2 atom stereocenters. The number of rotatable bonds is 3. The lowest BCUT2D eigenvalue weighted by Crippen LogP contribution is -2.45. The summed E-state index contributed by atoms with van der Waals surface area (Å²) < 4.78 is 10.1. The third-order valence-corrected chi connectivity index (χ3v) is 1.84. The van der Waals surface area contributed by atoms with Crippen molar-refractivity contribution in [2.75, 3.05) is 13.2 Å². The van der Waals surface area contributed by atoms with Crippen LogP contribution < -0.4 is 0 Å². The molecule has 0 bridgehead atoms. The van der Waals surface area contributed by atoms with Gasteiger partial charge in [0.1, 0.15) is 5.60 Å². The molecule has 5 heteroatoms. The summed E-state index contributed by atoms with van der Waals surface area (Å²) in [6, 6.07) is 0. The molecule has 1 unspecified atom stereocenters. The zero-order valence-corrected chi connectivity index (χ0v) is 7.86. The lowest BCUT2D eigenvalue weighted by Gasteiger charge is -2.32. The van der Waals surface area contributed by atoms with Gasteiger partial charge in [-0.1, -0.05) is 0 Å². The van der Waals surface area contributed by atoms with E-state index in [2.05, 4.69) is 0 Å². The Hall–Kier alpha value is -0.200. The summed E-state index contributed by atoms with van der Waals surface area (Å²) >= 11 is 0. The predicted octanol–water partition coefficient (Wildman–Crippen LogP) is -0.799. The van der Waals surface area contributed by atoms with E-state index in [0.29, 0.717) is 0 Å². The van der Waals surface area contributed by atoms with E-state index in [9.17, 15) is 5.11 Å². The van der Waals surface area contributed by atoms with Crippen molar-refractivity contribution in [3.05, 3.63) is 0 Å². The second-order valence-corrected chi connectivity index (χ2v) is 3.86. The summed E-state index contributed by atoms with van der Waals surface area (Å²) in [4.78, 5) is 0. The van der Waals surface area contributed by atoms with Crippen LogP contribution in [0.1, 0.15) is 20.3 Å². The molecule has 1 heterocycles. The van der Waals surface area contributed by atoms with Gasteiger partial charge >= 0.3 is 0 Å². The van der Waals surface area contributed by atoms with E-state index in [1.165, 1.54) is 13.8 Å². The van der Waals surface area contributed by atoms with Gasteiger partial charge in [0.25, 0.3) is 0 Å². The fraction of sp³-hybridized carbons (Fsp3) is 1.00. The lowest BCUT2D eigenvalue weighted by molar-refractivity contribution is -0.253. The van der Waals surface area contributed by atoms with Crippen molar-refractivity contribution in [3.63, 3.8) is 0 Å². The van der Waals surface area contributed by atoms with Crippen molar-refractivity contribution >= 4 is 0 Å². The maximum absolute atomic E-state index is 9.39. The first-order chi connectivity index (χ1) is 5.87. The third-order valence-electron chi connectivity index (χ3n) is 1.84. The fourth-order valence-corrected chi connectivity index (χ4v) is 1.43. The largest absolute Gasteiger partial charge is 0.393 e. The van der Waals surface area contributed by atoms with E-state index in [4.69, 9.17) is 19.7 Å². The van der Waals surface area contributed by atoms with E-state index < -0.39 is 17.7 Å². The minimum absolute atomic E-state index is 0.0919. The molecule has 1 saturated heterocycles. The van der Waals surface area contributed by atoms with Crippen molar-refractivity contribution in [3.8, 4) is 0 Å². The van der Waals surface area contributed by atoms with Crippen molar-refractivity contribution in [1.82, 2.24) is 0 Å². The fourth-order valence-electron chi connectivity index (χ4n) is 1.43. The summed E-state index contributed by atoms with van der Waals surface area (Å²) in [5.74, 6) is -1.34. The molecule has 0 amide bonds. The molecule has 0 spiro atoms. The molecule has 5 nitrogen and oxygen atoms in total. The molecule has 1 rings (SSSR count). The van der Waals surface area contributed by atoms with Crippen molar-refractivity contribution in [2.24, 2.45) is 0 Å². The number of hydrogen-bond acceptors (Lipinski definition) is 5. The standard InChI is InChI=1S/C8H16O5/c1-7(2,11)13-8(4-9)3-6(10)12-5-8/h6,9-11H,3-5H2,1-2H3/t6?,8-/m1/s1. The number of hydrogen-bond donors (Lipinski definition) is 3. The van der Waals surface area contributed by atoms with Crippen LogP contribution in [0.2, 0.25) is 0 Å². The second-order valence-electron chi connectivity index (χ2n) is 3.86. The van der Waals surface area contributed by atoms with Crippen molar-refractivity contribution in [1.29, 1.82) is 0 Å². The molecule has 1 aliphatic rings. The molecule has 0 aromatic carbocycles. The molecule has 0 aliphatic carbocycles. The van der Waals surface area contributed by atoms with Crippen LogP contribution in [-0.4, -0.2) is 46.2 Å². The van der Waals surface area contributed by atoms with E-state index in [1.54, 1.807) is 0 Å². The first-order valence-electron chi connectivity index (χ1n) is 4.20. The van der Waals surface area contributed by atoms with Crippen LogP contribution >= 0.6 is 0 Å². The maximum atomic E-state index is 9.39. The lowest BCUT2D eigenvalue weighted by atomic mass is 10.0. The highest BCUT2D eigenvalue weighted by molar-refractivity contribution is 4.87. The Morgan fingerprint density at radius 1 is 1.62 bits per heavy atom. The average molecular weight is 192 g/mol. The van der Waals surface area contributed by atoms with Crippen LogP contribution in [-0.2, 0) is 9.47 Å². The van der Waals surface area contributed by atoms with Gasteiger partial charge in [-0.15, -0.1) is 0 Å². The van der Waals surface area contributed by atoms with Crippen LogP contribution in [0.25, 0.3) is 0 Å². The average Bonchev–Trinajstić information content (AvgIpc) is 2.29. The smallest absolute Gasteiger partial charge is 0.160 e. The Bertz CT molecular complexity index is 176. The molecule has 78 valence electrons. The van der Waals surface area contributed by atoms with Crippen molar-refractivity contribution < 1.29 is 24.8 Å². The van der Waals surface area contributed by atoms with E-state index in [-0.39, 0.29) is 19.6 Å². The summed E-state index contributed by atoms with van der Waals surface area (Å²) in [5, 5.41) is 27.6. The van der Waals surface area contributed by atoms with Crippen LogP contribution in [0.5, 0.6) is 0 Å². The highest BCUT2D eigenvalue weighted by Gasteiger charge is 2.43. The summed E-state index contributed by atoms with van der Waals surface area (Å²) in [5.41, 5.74) is -0.975.